The van der Waals surface area contributed by atoms with Crippen LogP contribution in [0.3, 0.4) is 0 Å². The fourth-order valence-corrected chi connectivity index (χ4v) is 2.12. The summed E-state index contributed by atoms with van der Waals surface area (Å²) in [6.07, 6.45) is 2.04. The molecule has 4 nitrogen and oxygen atoms in total. The molecule has 2 rings (SSSR count). The molecule has 0 radical (unpaired) electrons. The third kappa shape index (κ3) is 3.21. The van der Waals surface area contributed by atoms with Crippen molar-refractivity contribution in [2.75, 3.05) is 0 Å². The Labute approximate surface area is 113 Å². The number of aryl methyl sites for hydroxylation is 3. The van der Waals surface area contributed by atoms with Gasteiger partial charge in [0.15, 0.2) is 0 Å². The first kappa shape index (κ1) is 13.3. The highest BCUT2D eigenvalue weighted by atomic mass is 15.2. The van der Waals surface area contributed by atoms with E-state index in [4.69, 9.17) is 5.26 Å². The van der Waals surface area contributed by atoms with Crippen LogP contribution in [0.5, 0.6) is 0 Å². The van der Waals surface area contributed by atoms with Crippen LogP contribution in [-0.2, 0) is 20.1 Å². The van der Waals surface area contributed by atoms with Crippen LogP contribution in [0, 0.1) is 25.2 Å². The van der Waals surface area contributed by atoms with Crippen LogP contribution < -0.4 is 5.32 Å². The second-order valence-electron chi connectivity index (χ2n) is 4.77. The SMILES string of the molecule is Cc1cc(C#N)ccc1CNCc1cn(C)nc1C. The van der Waals surface area contributed by atoms with Crippen LogP contribution >= 0.6 is 0 Å². The van der Waals surface area contributed by atoms with E-state index in [9.17, 15) is 0 Å². The number of nitrogens with one attached hydrogen (secondary N) is 1. The summed E-state index contributed by atoms with van der Waals surface area (Å²) in [4.78, 5) is 0. The van der Waals surface area contributed by atoms with Crippen LogP contribution in [0.2, 0.25) is 0 Å². The average molecular weight is 254 g/mol. The van der Waals surface area contributed by atoms with Gasteiger partial charge in [0, 0.05) is 31.9 Å². The standard InChI is InChI=1S/C15H18N4/c1-11-6-13(7-16)4-5-14(11)8-17-9-15-10-19(3)18-12(15)2/h4-6,10,17H,8-9H2,1-3H3. The van der Waals surface area contributed by atoms with Crippen molar-refractivity contribution >= 4 is 0 Å². The van der Waals surface area contributed by atoms with Crippen molar-refractivity contribution in [3.05, 3.63) is 52.3 Å². The Morgan fingerprint density at radius 2 is 2.00 bits per heavy atom. The molecule has 0 unspecified atom stereocenters. The second-order valence-corrected chi connectivity index (χ2v) is 4.77. The minimum absolute atomic E-state index is 0.712. The molecule has 2 aromatic rings. The van der Waals surface area contributed by atoms with Crippen LogP contribution in [0.25, 0.3) is 0 Å². The number of aromatic nitrogens is 2. The normalized spacial score (nSPS) is 10.4. The molecule has 0 fully saturated rings. The summed E-state index contributed by atoms with van der Waals surface area (Å²) in [5.74, 6) is 0. The Bertz CT molecular complexity index is 620. The van der Waals surface area contributed by atoms with E-state index in [1.54, 1.807) is 0 Å². The molecule has 0 aliphatic carbocycles. The van der Waals surface area contributed by atoms with Gasteiger partial charge in [-0.3, -0.25) is 4.68 Å². The lowest BCUT2D eigenvalue weighted by Crippen LogP contribution is -2.13. The lowest BCUT2D eigenvalue weighted by atomic mass is 10.1. The maximum Gasteiger partial charge on any atom is 0.0991 e. The van der Waals surface area contributed by atoms with E-state index in [1.165, 1.54) is 11.1 Å². The van der Waals surface area contributed by atoms with Gasteiger partial charge in [-0.2, -0.15) is 10.4 Å². The van der Waals surface area contributed by atoms with Crippen LogP contribution in [0.4, 0.5) is 0 Å². The average Bonchev–Trinajstić information content (AvgIpc) is 2.70. The molecule has 0 atom stereocenters. The van der Waals surface area contributed by atoms with Crippen molar-refractivity contribution in [3.63, 3.8) is 0 Å². The van der Waals surface area contributed by atoms with E-state index in [1.807, 2.05) is 50.0 Å². The fraction of sp³-hybridized carbons (Fsp3) is 0.333. The number of nitriles is 1. The third-order valence-corrected chi connectivity index (χ3v) is 3.22. The minimum Gasteiger partial charge on any atom is -0.308 e. The van der Waals surface area contributed by atoms with Gasteiger partial charge in [-0.25, -0.2) is 0 Å². The van der Waals surface area contributed by atoms with Crippen LogP contribution in [0.15, 0.2) is 24.4 Å². The molecular weight excluding hydrogens is 236 g/mol. The van der Waals surface area contributed by atoms with Gasteiger partial charge in [0.05, 0.1) is 17.3 Å². The van der Waals surface area contributed by atoms with Crippen LogP contribution in [-0.4, -0.2) is 9.78 Å². The summed E-state index contributed by atoms with van der Waals surface area (Å²) in [7, 11) is 1.93. The molecule has 0 aliphatic heterocycles. The summed E-state index contributed by atoms with van der Waals surface area (Å²) >= 11 is 0. The molecule has 0 spiro atoms. The van der Waals surface area contributed by atoms with Gasteiger partial charge in [-0.05, 0) is 37.1 Å². The van der Waals surface area contributed by atoms with Crippen molar-refractivity contribution in [2.24, 2.45) is 7.05 Å². The number of rotatable bonds is 4. The Balaban J connectivity index is 1.96. The Morgan fingerprint density at radius 1 is 1.26 bits per heavy atom. The van der Waals surface area contributed by atoms with Gasteiger partial charge in [0.2, 0.25) is 0 Å². The van der Waals surface area contributed by atoms with Gasteiger partial charge < -0.3 is 5.32 Å². The van der Waals surface area contributed by atoms with E-state index >= 15 is 0 Å². The van der Waals surface area contributed by atoms with Gasteiger partial charge in [-0.15, -0.1) is 0 Å². The molecule has 0 bridgehead atoms. The van der Waals surface area contributed by atoms with Gasteiger partial charge in [0.1, 0.15) is 0 Å². The summed E-state index contributed by atoms with van der Waals surface area (Å²) in [6, 6.07) is 7.95. The molecule has 4 heteroatoms. The van der Waals surface area contributed by atoms with E-state index in [0.717, 1.165) is 24.3 Å². The minimum atomic E-state index is 0.712. The first-order valence-electron chi connectivity index (χ1n) is 6.29. The van der Waals surface area contributed by atoms with E-state index in [-0.39, 0.29) is 0 Å². The molecule has 98 valence electrons. The Morgan fingerprint density at radius 3 is 2.58 bits per heavy atom. The van der Waals surface area contributed by atoms with Crippen LogP contribution in [0.1, 0.15) is 27.9 Å². The zero-order valence-corrected chi connectivity index (χ0v) is 11.6. The molecule has 1 aromatic carbocycles. The number of hydrogen-bond acceptors (Lipinski definition) is 3. The highest BCUT2D eigenvalue weighted by Gasteiger charge is 2.03. The van der Waals surface area contributed by atoms with Crippen molar-refractivity contribution in [1.82, 2.24) is 15.1 Å². The Hall–Kier alpha value is -2.12. The molecule has 19 heavy (non-hydrogen) atoms. The van der Waals surface area contributed by atoms with Crippen molar-refractivity contribution in [3.8, 4) is 6.07 Å². The number of nitrogens with zero attached hydrogens (tertiary/aromatic N) is 3. The van der Waals surface area contributed by atoms with E-state index < -0.39 is 0 Å². The predicted molar refractivity (Wildman–Crippen MR) is 74.4 cm³/mol. The zero-order chi connectivity index (χ0) is 13.8. The molecule has 0 saturated carbocycles. The predicted octanol–water partition coefficient (Wildman–Crippen LogP) is 2.20. The topological polar surface area (TPSA) is 53.6 Å². The van der Waals surface area contributed by atoms with Gasteiger partial charge in [-0.1, -0.05) is 6.07 Å². The molecule has 0 amide bonds. The highest BCUT2D eigenvalue weighted by Crippen LogP contribution is 2.11. The smallest absolute Gasteiger partial charge is 0.0991 e. The van der Waals surface area contributed by atoms with E-state index in [0.29, 0.717) is 5.56 Å². The first-order valence-corrected chi connectivity index (χ1v) is 6.29. The summed E-state index contributed by atoms with van der Waals surface area (Å²) in [6.45, 7) is 5.65. The Kier molecular flexibility index (Phi) is 3.98. The maximum absolute atomic E-state index is 8.84. The third-order valence-electron chi connectivity index (χ3n) is 3.22. The monoisotopic (exact) mass is 254 g/mol. The van der Waals surface area contributed by atoms with Crippen molar-refractivity contribution in [1.29, 1.82) is 5.26 Å². The summed E-state index contributed by atoms with van der Waals surface area (Å²) in [5.41, 5.74) is 5.36. The van der Waals surface area contributed by atoms with Gasteiger partial charge >= 0.3 is 0 Å². The van der Waals surface area contributed by atoms with Crippen molar-refractivity contribution < 1.29 is 0 Å². The van der Waals surface area contributed by atoms with Crippen molar-refractivity contribution in [2.45, 2.75) is 26.9 Å². The highest BCUT2D eigenvalue weighted by molar-refractivity contribution is 5.37. The quantitative estimate of drug-likeness (QED) is 0.910. The summed E-state index contributed by atoms with van der Waals surface area (Å²) in [5, 5.41) is 16.6. The first-order chi connectivity index (χ1) is 9.10. The molecule has 0 aliphatic rings. The molecule has 0 saturated heterocycles. The molecule has 1 heterocycles. The zero-order valence-electron chi connectivity index (χ0n) is 11.6. The lowest BCUT2D eigenvalue weighted by molar-refractivity contribution is 0.687. The second kappa shape index (κ2) is 5.68. The maximum atomic E-state index is 8.84. The number of hydrogen-bond donors (Lipinski definition) is 1. The molecule has 1 aromatic heterocycles. The fourth-order valence-electron chi connectivity index (χ4n) is 2.12. The molecule has 1 N–H and O–H groups in total. The van der Waals surface area contributed by atoms with E-state index in [2.05, 4.69) is 16.5 Å². The number of benzene rings is 1. The van der Waals surface area contributed by atoms with Gasteiger partial charge in [0.25, 0.3) is 0 Å². The summed E-state index contributed by atoms with van der Waals surface area (Å²) < 4.78 is 1.83. The largest absolute Gasteiger partial charge is 0.308 e. The molecular formula is C15H18N4. The lowest BCUT2D eigenvalue weighted by Gasteiger charge is -2.07.